The summed E-state index contributed by atoms with van der Waals surface area (Å²) < 4.78 is 44.7. The van der Waals surface area contributed by atoms with E-state index < -0.39 is 15.8 Å². The summed E-state index contributed by atoms with van der Waals surface area (Å²) in [7, 11) is -2.55. The Kier molecular flexibility index (Phi) is 4.15. The maximum Gasteiger partial charge on any atom is 0.262 e. The van der Waals surface area contributed by atoms with Gasteiger partial charge in [0, 0.05) is 16.8 Å². The molecule has 0 saturated carbocycles. The molecule has 0 atom stereocenters. The van der Waals surface area contributed by atoms with Crippen LogP contribution in [0.5, 0.6) is 5.75 Å². The number of methoxy groups -OCH3 is 1. The van der Waals surface area contributed by atoms with Gasteiger partial charge in [0.25, 0.3) is 10.0 Å². The lowest BCUT2D eigenvalue weighted by atomic mass is 10.3. The van der Waals surface area contributed by atoms with Gasteiger partial charge in [0.15, 0.2) is 11.6 Å². The smallest absolute Gasteiger partial charge is 0.262 e. The minimum Gasteiger partial charge on any atom is -0.494 e. The van der Waals surface area contributed by atoms with Crippen molar-refractivity contribution in [3.8, 4) is 5.75 Å². The molecule has 2 aromatic carbocycles. The van der Waals surface area contributed by atoms with E-state index in [1.165, 1.54) is 19.2 Å². The predicted molar refractivity (Wildman–Crippen MR) is 75.2 cm³/mol. The minimum absolute atomic E-state index is 0.0919. The summed E-state index contributed by atoms with van der Waals surface area (Å²) in [5.41, 5.74) is 0.359. The molecule has 0 heterocycles. The molecular weight excluding hydrogens is 305 g/mol. The Balaban J connectivity index is 2.33. The summed E-state index contributed by atoms with van der Waals surface area (Å²) in [6.45, 7) is 0. The molecule has 2 aromatic rings. The van der Waals surface area contributed by atoms with Crippen molar-refractivity contribution in [2.45, 2.75) is 4.90 Å². The van der Waals surface area contributed by atoms with Crippen molar-refractivity contribution in [2.75, 3.05) is 11.8 Å². The van der Waals surface area contributed by atoms with Crippen molar-refractivity contribution in [3.63, 3.8) is 0 Å². The van der Waals surface area contributed by atoms with E-state index in [4.69, 9.17) is 16.3 Å². The van der Waals surface area contributed by atoms with E-state index >= 15 is 0 Å². The van der Waals surface area contributed by atoms with Gasteiger partial charge in [-0.05, 0) is 36.4 Å². The van der Waals surface area contributed by atoms with E-state index in [-0.39, 0.29) is 10.6 Å². The molecule has 20 heavy (non-hydrogen) atoms. The van der Waals surface area contributed by atoms with Crippen LogP contribution < -0.4 is 9.46 Å². The highest BCUT2D eigenvalue weighted by atomic mass is 35.5. The zero-order valence-corrected chi connectivity index (χ0v) is 12.0. The van der Waals surface area contributed by atoms with Gasteiger partial charge in [-0.25, -0.2) is 12.8 Å². The van der Waals surface area contributed by atoms with Crippen molar-refractivity contribution in [2.24, 2.45) is 0 Å². The van der Waals surface area contributed by atoms with E-state index in [1.54, 1.807) is 12.1 Å². The number of hydrogen-bond acceptors (Lipinski definition) is 3. The van der Waals surface area contributed by atoms with Gasteiger partial charge in [-0.15, -0.1) is 0 Å². The second-order valence-electron chi connectivity index (χ2n) is 3.91. The van der Waals surface area contributed by atoms with Gasteiger partial charge in [0.05, 0.1) is 12.0 Å². The first-order valence-electron chi connectivity index (χ1n) is 5.54. The quantitative estimate of drug-likeness (QED) is 0.942. The Labute approximate surface area is 121 Å². The lowest BCUT2D eigenvalue weighted by molar-refractivity contribution is 0.385. The first-order chi connectivity index (χ1) is 9.42. The number of benzene rings is 2. The maximum absolute atomic E-state index is 13.3. The molecule has 0 aromatic heterocycles. The molecule has 0 bridgehead atoms. The second kappa shape index (κ2) is 5.68. The fourth-order valence-electron chi connectivity index (χ4n) is 1.54. The van der Waals surface area contributed by atoms with Crippen LogP contribution in [0.2, 0.25) is 5.02 Å². The van der Waals surface area contributed by atoms with E-state index in [0.29, 0.717) is 10.7 Å². The summed E-state index contributed by atoms with van der Waals surface area (Å²) in [5, 5.41) is 0.497. The maximum atomic E-state index is 13.3. The first kappa shape index (κ1) is 14.6. The first-order valence-corrected chi connectivity index (χ1v) is 7.40. The second-order valence-corrected chi connectivity index (χ2v) is 6.03. The largest absolute Gasteiger partial charge is 0.494 e. The zero-order chi connectivity index (χ0) is 14.8. The summed E-state index contributed by atoms with van der Waals surface area (Å²) in [6, 6.07) is 9.50. The van der Waals surface area contributed by atoms with Crippen LogP contribution in [-0.4, -0.2) is 15.5 Å². The number of rotatable bonds is 4. The molecule has 7 heteroatoms. The number of anilines is 1. The summed E-state index contributed by atoms with van der Waals surface area (Å²) >= 11 is 5.72. The van der Waals surface area contributed by atoms with Gasteiger partial charge in [-0.3, -0.25) is 4.72 Å². The third kappa shape index (κ3) is 3.20. The minimum atomic E-state index is -3.82. The predicted octanol–water partition coefficient (Wildman–Crippen LogP) is 3.29. The molecule has 0 aliphatic rings. The molecule has 0 aliphatic carbocycles. The third-order valence-electron chi connectivity index (χ3n) is 2.53. The van der Waals surface area contributed by atoms with Gasteiger partial charge in [-0.2, -0.15) is 0 Å². The standard InChI is InChI=1S/C13H11ClFNO3S/c1-19-13-8-11(6-7-12(13)15)20(17,18)16-10-4-2-9(14)3-5-10/h2-8,16H,1H3. The molecule has 0 unspecified atom stereocenters. The van der Waals surface area contributed by atoms with Crippen molar-refractivity contribution < 1.29 is 17.5 Å². The number of nitrogens with one attached hydrogen (secondary N) is 1. The van der Waals surface area contributed by atoms with Crippen LogP contribution in [0.15, 0.2) is 47.4 Å². The van der Waals surface area contributed by atoms with Crippen LogP contribution in [-0.2, 0) is 10.0 Å². The van der Waals surface area contributed by atoms with Gasteiger partial charge in [0.2, 0.25) is 0 Å². The highest BCUT2D eigenvalue weighted by molar-refractivity contribution is 7.92. The normalized spacial score (nSPS) is 11.2. The van der Waals surface area contributed by atoms with Gasteiger partial charge >= 0.3 is 0 Å². The van der Waals surface area contributed by atoms with Crippen LogP contribution >= 0.6 is 11.6 Å². The fourth-order valence-corrected chi connectivity index (χ4v) is 2.74. The van der Waals surface area contributed by atoms with Crippen molar-refractivity contribution in [1.29, 1.82) is 0 Å². The van der Waals surface area contributed by atoms with Crippen molar-refractivity contribution in [1.82, 2.24) is 0 Å². The molecule has 4 nitrogen and oxygen atoms in total. The van der Waals surface area contributed by atoms with E-state index in [0.717, 1.165) is 18.2 Å². The lowest BCUT2D eigenvalue weighted by Gasteiger charge is -2.09. The lowest BCUT2D eigenvalue weighted by Crippen LogP contribution is -2.13. The highest BCUT2D eigenvalue weighted by Crippen LogP contribution is 2.23. The van der Waals surface area contributed by atoms with Crippen LogP contribution in [0.1, 0.15) is 0 Å². The molecule has 0 saturated heterocycles. The Morgan fingerprint density at radius 3 is 2.40 bits per heavy atom. The molecule has 0 aliphatic heterocycles. The van der Waals surface area contributed by atoms with Crippen LogP contribution in [0.3, 0.4) is 0 Å². The topological polar surface area (TPSA) is 55.4 Å². The number of ether oxygens (including phenoxy) is 1. The number of sulfonamides is 1. The van der Waals surface area contributed by atoms with E-state index in [1.807, 2.05) is 0 Å². The fraction of sp³-hybridized carbons (Fsp3) is 0.0769. The molecule has 0 radical (unpaired) electrons. The van der Waals surface area contributed by atoms with Crippen molar-refractivity contribution >= 4 is 27.3 Å². The number of hydrogen-bond donors (Lipinski definition) is 1. The monoisotopic (exact) mass is 315 g/mol. The number of halogens is 2. The molecule has 0 amide bonds. The molecule has 1 N–H and O–H groups in total. The Morgan fingerprint density at radius 1 is 1.15 bits per heavy atom. The Hall–Kier alpha value is -1.79. The molecular formula is C13H11ClFNO3S. The van der Waals surface area contributed by atoms with Crippen LogP contribution in [0.25, 0.3) is 0 Å². The Bertz CT molecular complexity index is 717. The van der Waals surface area contributed by atoms with E-state index in [2.05, 4.69) is 4.72 Å². The molecule has 0 fully saturated rings. The summed E-state index contributed by atoms with van der Waals surface area (Å²) in [5.74, 6) is -0.762. The van der Waals surface area contributed by atoms with Crippen LogP contribution in [0.4, 0.5) is 10.1 Å². The average Bonchev–Trinajstić information content (AvgIpc) is 2.41. The third-order valence-corrected chi connectivity index (χ3v) is 4.16. The summed E-state index contributed by atoms with van der Waals surface area (Å²) in [4.78, 5) is -0.0919. The zero-order valence-electron chi connectivity index (χ0n) is 10.4. The van der Waals surface area contributed by atoms with E-state index in [9.17, 15) is 12.8 Å². The molecule has 2 rings (SSSR count). The Morgan fingerprint density at radius 2 is 1.80 bits per heavy atom. The average molecular weight is 316 g/mol. The molecule has 106 valence electrons. The van der Waals surface area contributed by atoms with Crippen LogP contribution in [0, 0.1) is 5.82 Å². The summed E-state index contributed by atoms with van der Waals surface area (Å²) in [6.07, 6.45) is 0. The van der Waals surface area contributed by atoms with Gasteiger partial charge in [-0.1, -0.05) is 11.6 Å². The SMILES string of the molecule is COc1cc(S(=O)(=O)Nc2ccc(Cl)cc2)ccc1F. The van der Waals surface area contributed by atoms with Gasteiger partial charge in [0.1, 0.15) is 0 Å². The van der Waals surface area contributed by atoms with Gasteiger partial charge < -0.3 is 4.74 Å². The molecule has 0 spiro atoms. The highest BCUT2D eigenvalue weighted by Gasteiger charge is 2.16. The van der Waals surface area contributed by atoms with Crippen molar-refractivity contribution in [3.05, 3.63) is 53.3 Å².